The minimum atomic E-state index is -1.12. The van der Waals surface area contributed by atoms with E-state index in [2.05, 4.69) is 20.9 Å². The van der Waals surface area contributed by atoms with Crippen LogP contribution in [0.25, 0.3) is 44.6 Å². The molecule has 0 aliphatic heterocycles. The highest BCUT2D eigenvalue weighted by atomic mass is 19.1. The summed E-state index contributed by atoms with van der Waals surface area (Å²) in [6.07, 6.45) is 8.31. The Morgan fingerprint density at radius 1 is 0.957 bits per heavy atom. The summed E-state index contributed by atoms with van der Waals surface area (Å²) in [5.41, 5.74) is 6.22. The summed E-state index contributed by atoms with van der Waals surface area (Å²) in [4.78, 5) is 34.7. The molecule has 2 aliphatic rings. The first-order valence-corrected chi connectivity index (χ1v) is 16.1. The van der Waals surface area contributed by atoms with Crippen molar-refractivity contribution in [2.45, 2.75) is 56.4 Å². The van der Waals surface area contributed by atoms with E-state index >= 15 is 0 Å². The number of nitrogens with zero attached hydrogens (tertiary/aromatic N) is 4. The van der Waals surface area contributed by atoms with Gasteiger partial charge in [0.15, 0.2) is 0 Å². The van der Waals surface area contributed by atoms with Gasteiger partial charge in [0, 0.05) is 36.1 Å². The van der Waals surface area contributed by atoms with Gasteiger partial charge < -0.3 is 24.0 Å². The van der Waals surface area contributed by atoms with E-state index in [1.54, 1.807) is 12.1 Å². The number of imidazole rings is 1. The molecule has 6 aromatic rings. The van der Waals surface area contributed by atoms with Crippen molar-refractivity contribution in [2.75, 3.05) is 0 Å². The number of halogens is 1. The number of aryl methyl sites for hydroxylation is 2. The largest absolute Gasteiger partial charge is 0.475 e. The van der Waals surface area contributed by atoms with Crippen LogP contribution in [0.5, 0.6) is 0 Å². The van der Waals surface area contributed by atoms with Crippen molar-refractivity contribution in [3.05, 3.63) is 95.4 Å². The molecule has 238 valence electrons. The lowest BCUT2D eigenvalue weighted by Crippen LogP contribution is -2.52. The first kappa shape index (κ1) is 29.2. The minimum Gasteiger partial charge on any atom is -0.475 e. The van der Waals surface area contributed by atoms with Crippen molar-refractivity contribution in [1.82, 2.24) is 24.4 Å². The Morgan fingerprint density at radius 3 is 2.45 bits per heavy atom. The van der Waals surface area contributed by atoms with Gasteiger partial charge in [0.25, 0.3) is 5.91 Å². The number of benzene rings is 2. The van der Waals surface area contributed by atoms with Gasteiger partial charge in [-0.3, -0.25) is 9.78 Å². The van der Waals surface area contributed by atoms with Gasteiger partial charge in [0.05, 0.1) is 34.2 Å². The number of fused-ring (bicyclic) bond motifs is 2. The monoisotopic (exact) mass is 631 g/mol. The summed E-state index contributed by atoms with van der Waals surface area (Å²) in [7, 11) is 3.94. The van der Waals surface area contributed by atoms with Crippen molar-refractivity contribution in [3.63, 3.8) is 0 Å². The first-order chi connectivity index (χ1) is 22.7. The van der Waals surface area contributed by atoms with Gasteiger partial charge in [0.1, 0.15) is 17.4 Å². The van der Waals surface area contributed by atoms with Gasteiger partial charge in [-0.1, -0.05) is 18.9 Å². The smallest absolute Gasteiger partial charge is 0.371 e. The number of pyridine rings is 1. The van der Waals surface area contributed by atoms with Crippen LogP contribution in [0.3, 0.4) is 0 Å². The standard InChI is InChI=1S/C37H34FN5O4/c1-42-28-19-23(8-11-25(28)32(21-6-3-4-7-21)33(42)27-13-10-24(38)20-39-27)34(44)41-37(16-5-17-37)36-40-26-12-9-22(18-29(26)43(36)2)30-14-15-31(47-30)35(45)46/h8-15,18-21H,3-7,16-17H2,1-2H3,(H,41,44)(H,45,46). The minimum absolute atomic E-state index is 0.117. The Kier molecular flexibility index (Phi) is 6.78. The molecule has 0 radical (unpaired) electrons. The van der Waals surface area contributed by atoms with Crippen LogP contribution in [0.2, 0.25) is 0 Å². The van der Waals surface area contributed by atoms with Crippen LogP contribution in [-0.4, -0.2) is 36.1 Å². The normalized spacial score (nSPS) is 16.1. The maximum absolute atomic E-state index is 14.0. The fraction of sp³-hybridized carbons (Fsp3) is 0.297. The van der Waals surface area contributed by atoms with Gasteiger partial charge in [-0.15, -0.1) is 0 Å². The van der Waals surface area contributed by atoms with Gasteiger partial charge in [-0.2, -0.15) is 0 Å². The van der Waals surface area contributed by atoms with Crippen molar-refractivity contribution < 1.29 is 23.5 Å². The van der Waals surface area contributed by atoms with Crippen molar-refractivity contribution in [1.29, 1.82) is 0 Å². The SMILES string of the molecule is Cn1c(C2(NC(=O)c3ccc4c(C5CCCC5)c(-c5ccc(F)cn5)n(C)c4c3)CCC2)nc2ccc(-c3ccc(C(=O)O)o3)cc21. The second-order valence-corrected chi connectivity index (χ2v) is 13.0. The highest BCUT2D eigenvalue weighted by Gasteiger charge is 2.44. The predicted octanol–water partition coefficient (Wildman–Crippen LogP) is 7.69. The highest BCUT2D eigenvalue weighted by molar-refractivity contribution is 6.01. The highest BCUT2D eigenvalue weighted by Crippen LogP contribution is 2.45. The van der Waals surface area contributed by atoms with Gasteiger partial charge in [-0.25, -0.2) is 14.2 Å². The van der Waals surface area contributed by atoms with E-state index in [9.17, 15) is 19.1 Å². The Balaban J connectivity index is 1.14. The van der Waals surface area contributed by atoms with Gasteiger partial charge in [0.2, 0.25) is 5.76 Å². The number of carbonyl (C=O) groups is 2. The second kappa shape index (κ2) is 10.9. The molecule has 0 atom stereocenters. The molecule has 1 amide bonds. The number of rotatable bonds is 7. The molecule has 2 saturated carbocycles. The molecular formula is C37H34FN5O4. The molecule has 2 aliphatic carbocycles. The number of hydrogen-bond donors (Lipinski definition) is 2. The van der Waals surface area contributed by atoms with Crippen LogP contribution >= 0.6 is 0 Å². The van der Waals surface area contributed by atoms with Crippen LogP contribution in [-0.2, 0) is 19.6 Å². The molecule has 0 saturated heterocycles. The number of aromatic carboxylic acids is 1. The van der Waals surface area contributed by atoms with Gasteiger partial charge >= 0.3 is 5.97 Å². The van der Waals surface area contributed by atoms with E-state index in [0.717, 1.165) is 76.8 Å². The molecule has 0 bridgehead atoms. The fourth-order valence-electron chi connectivity index (χ4n) is 7.66. The lowest BCUT2D eigenvalue weighted by atomic mass is 9.75. The van der Waals surface area contributed by atoms with E-state index in [1.807, 2.05) is 49.0 Å². The van der Waals surface area contributed by atoms with Crippen LogP contribution in [0.4, 0.5) is 4.39 Å². The number of hydrogen-bond acceptors (Lipinski definition) is 5. The Bertz CT molecular complexity index is 2200. The second-order valence-electron chi connectivity index (χ2n) is 13.0. The molecule has 2 N–H and O–H groups in total. The molecular weight excluding hydrogens is 597 g/mol. The Hall–Kier alpha value is -5.25. The van der Waals surface area contributed by atoms with Gasteiger partial charge in [-0.05, 0) is 98.2 Å². The third-order valence-corrected chi connectivity index (χ3v) is 10.2. The molecule has 9 nitrogen and oxygen atoms in total. The quantitative estimate of drug-likeness (QED) is 0.187. The molecule has 2 fully saturated rings. The average molecular weight is 632 g/mol. The lowest BCUT2D eigenvalue weighted by Gasteiger charge is -2.41. The molecule has 8 rings (SSSR count). The number of carbonyl (C=O) groups excluding carboxylic acids is 1. The van der Waals surface area contributed by atoms with Crippen LogP contribution < -0.4 is 5.32 Å². The predicted molar refractivity (Wildman–Crippen MR) is 176 cm³/mol. The Morgan fingerprint density at radius 2 is 1.77 bits per heavy atom. The first-order valence-electron chi connectivity index (χ1n) is 16.1. The number of carboxylic acids is 1. The van der Waals surface area contributed by atoms with E-state index in [0.29, 0.717) is 17.2 Å². The molecule has 4 heterocycles. The zero-order valence-corrected chi connectivity index (χ0v) is 26.2. The van der Waals surface area contributed by atoms with Crippen LogP contribution in [0, 0.1) is 5.82 Å². The summed E-state index contributed by atoms with van der Waals surface area (Å²) in [6, 6.07) is 17.9. The average Bonchev–Trinajstić information content (AvgIpc) is 3.86. The zero-order valence-electron chi connectivity index (χ0n) is 26.2. The number of nitrogens with one attached hydrogen (secondary N) is 1. The topological polar surface area (TPSA) is 115 Å². The number of carboxylic acid groups (broad SMARTS) is 1. The molecule has 47 heavy (non-hydrogen) atoms. The maximum Gasteiger partial charge on any atom is 0.371 e. The lowest BCUT2D eigenvalue weighted by molar-refractivity contribution is 0.0663. The third-order valence-electron chi connectivity index (χ3n) is 10.2. The molecule has 0 unspecified atom stereocenters. The number of amides is 1. The summed E-state index contributed by atoms with van der Waals surface area (Å²) >= 11 is 0. The van der Waals surface area contributed by atoms with Crippen molar-refractivity contribution >= 4 is 33.8 Å². The summed E-state index contributed by atoms with van der Waals surface area (Å²) in [5.74, 6) is -0.133. The van der Waals surface area contributed by atoms with Crippen molar-refractivity contribution in [2.24, 2.45) is 14.1 Å². The fourth-order valence-corrected chi connectivity index (χ4v) is 7.66. The third kappa shape index (κ3) is 4.73. The molecule has 10 heteroatoms. The summed E-state index contributed by atoms with van der Waals surface area (Å²) < 4.78 is 23.4. The Labute approximate surface area is 270 Å². The summed E-state index contributed by atoms with van der Waals surface area (Å²) in [5, 5.41) is 13.7. The number of furan rings is 1. The number of aromatic nitrogens is 4. The zero-order chi connectivity index (χ0) is 32.4. The molecule has 2 aromatic carbocycles. The van der Waals surface area contributed by atoms with E-state index < -0.39 is 11.5 Å². The van der Waals surface area contributed by atoms with Crippen LogP contribution in [0.1, 0.15) is 83.2 Å². The van der Waals surface area contributed by atoms with E-state index in [4.69, 9.17) is 9.40 Å². The van der Waals surface area contributed by atoms with Crippen LogP contribution in [0.15, 0.2) is 71.3 Å². The molecule has 4 aromatic heterocycles. The maximum atomic E-state index is 14.0. The van der Waals surface area contributed by atoms with Crippen molar-refractivity contribution in [3.8, 4) is 22.7 Å². The van der Waals surface area contributed by atoms with E-state index in [-0.39, 0.29) is 17.5 Å². The molecule has 0 spiro atoms. The van der Waals surface area contributed by atoms with E-state index in [1.165, 1.54) is 36.7 Å². The summed E-state index contributed by atoms with van der Waals surface area (Å²) in [6.45, 7) is 0.